The van der Waals surface area contributed by atoms with Gasteiger partial charge in [0.15, 0.2) is 0 Å². The van der Waals surface area contributed by atoms with Crippen molar-refractivity contribution < 1.29 is 0 Å². The molecule has 118 valence electrons. The lowest BCUT2D eigenvalue weighted by molar-refractivity contribution is 0.132. The predicted octanol–water partition coefficient (Wildman–Crippen LogP) is 2.80. The maximum atomic E-state index is 4.70. The number of hydrogen-bond acceptors (Lipinski definition) is 3. The first-order valence-corrected chi connectivity index (χ1v) is 8.53. The van der Waals surface area contributed by atoms with Crippen LogP contribution in [-0.2, 0) is 6.54 Å². The van der Waals surface area contributed by atoms with Crippen LogP contribution in [0.25, 0.3) is 0 Å². The number of fused-ring (bicyclic) bond motifs is 2. The molecule has 3 rings (SSSR count). The van der Waals surface area contributed by atoms with E-state index >= 15 is 0 Å². The van der Waals surface area contributed by atoms with E-state index in [1.807, 2.05) is 0 Å². The van der Waals surface area contributed by atoms with Gasteiger partial charge >= 0.3 is 0 Å². The molecule has 2 saturated heterocycles. The van der Waals surface area contributed by atoms with Crippen LogP contribution >= 0.6 is 0 Å². The molecule has 0 amide bonds. The number of nitrogens with one attached hydrogen (secondary N) is 1. The highest BCUT2D eigenvalue weighted by Crippen LogP contribution is 2.34. The Morgan fingerprint density at radius 1 is 1.29 bits per heavy atom. The van der Waals surface area contributed by atoms with Gasteiger partial charge in [-0.1, -0.05) is 0 Å². The molecular formula is C17H30N4. The Balaban J connectivity index is 1.78. The number of hydrogen-bond donors (Lipinski definition) is 1. The molecule has 2 aliphatic heterocycles. The van der Waals surface area contributed by atoms with Crippen molar-refractivity contribution in [3.05, 3.63) is 17.0 Å². The topological polar surface area (TPSA) is 33.1 Å². The van der Waals surface area contributed by atoms with Crippen LogP contribution in [0.5, 0.6) is 0 Å². The summed E-state index contributed by atoms with van der Waals surface area (Å²) >= 11 is 0. The van der Waals surface area contributed by atoms with Crippen LogP contribution in [0.4, 0.5) is 0 Å². The Morgan fingerprint density at radius 3 is 2.43 bits per heavy atom. The third-order valence-corrected chi connectivity index (χ3v) is 5.79. The fraction of sp³-hybridized carbons (Fsp3) is 0.824. The fourth-order valence-electron chi connectivity index (χ4n) is 4.50. The van der Waals surface area contributed by atoms with Gasteiger partial charge in [0.2, 0.25) is 0 Å². The van der Waals surface area contributed by atoms with E-state index in [9.17, 15) is 0 Å². The van der Waals surface area contributed by atoms with Crippen LogP contribution in [0.1, 0.15) is 62.5 Å². The van der Waals surface area contributed by atoms with E-state index in [0.29, 0.717) is 12.1 Å². The molecule has 1 N–H and O–H groups in total. The van der Waals surface area contributed by atoms with Crippen molar-refractivity contribution >= 4 is 0 Å². The lowest BCUT2D eigenvalue weighted by atomic mass is 9.95. The molecule has 0 radical (unpaired) electrons. The van der Waals surface area contributed by atoms with Gasteiger partial charge in [0.25, 0.3) is 0 Å². The Hall–Kier alpha value is -0.870. The van der Waals surface area contributed by atoms with Crippen molar-refractivity contribution in [1.29, 1.82) is 0 Å². The lowest BCUT2D eigenvalue weighted by Gasteiger charge is -2.39. The molecule has 4 heteroatoms. The van der Waals surface area contributed by atoms with Crippen LogP contribution < -0.4 is 5.32 Å². The SMILES string of the molecule is CCn1nc(C)c(C(C)N(C)C2CC3CCC(C2)N3)c1C. The molecule has 21 heavy (non-hydrogen) atoms. The highest BCUT2D eigenvalue weighted by molar-refractivity contribution is 5.28. The van der Waals surface area contributed by atoms with Crippen molar-refractivity contribution in [2.24, 2.45) is 0 Å². The van der Waals surface area contributed by atoms with Crippen molar-refractivity contribution in [1.82, 2.24) is 20.0 Å². The summed E-state index contributed by atoms with van der Waals surface area (Å²) in [7, 11) is 2.31. The highest BCUT2D eigenvalue weighted by Gasteiger charge is 2.37. The molecule has 4 nitrogen and oxygen atoms in total. The minimum absolute atomic E-state index is 0.452. The normalized spacial score (nSPS) is 30.1. The van der Waals surface area contributed by atoms with Gasteiger partial charge in [0, 0.05) is 42.0 Å². The molecule has 3 heterocycles. The van der Waals surface area contributed by atoms with Gasteiger partial charge in [0.05, 0.1) is 5.69 Å². The Labute approximate surface area is 128 Å². The first-order valence-electron chi connectivity index (χ1n) is 8.53. The van der Waals surface area contributed by atoms with E-state index in [0.717, 1.165) is 18.6 Å². The summed E-state index contributed by atoms with van der Waals surface area (Å²) in [6.07, 6.45) is 5.35. The molecule has 0 saturated carbocycles. The van der Waals surface area contributed by atoms with E-state index in [-0.39, 0.29) is 0 Å². The second-order valence-corrected chi connectivity index (χ2v) is 7.00. The first-order chi connectivity index (χ1) is 10.0. The Bertz CT molecular complexity index is 495. The van der Waals surface area contributed by atoms with Crippen molar-refractivity contribution in [2.45, 2.75) is 84.1 Å². The molecule has 2 fully saturated rings. The van der Waals surface area contributed by atoms with Crippen LogP contribution in [0.2, 0.25) is 0 Å². The minimum atomic E-state index is 0.452. The van der Waals surface area contributed by atoms with Crippen LogP contribution in [0.15, 0.2) is 0 Å². The maximum Gasteiger partial charge on any atom is 0.0644 e. The first kappa shape index (κ1) is 15.0. The summed E-state index contributed by atoms with van der Waals surface area (Å²) in [5, 5.41) is 8.44. The van der Waals surface area contributed by atoms with Gasteiger partial charge in [-0.05, 0) is 60.4 Å². The maximum absolute atomic E-state index is 4.70. The zero-order chi connectivity index (χ0) is 15.1. The summed E-state index contributed by atoms with van der Waals surface area (Å²) in [5.41, 5.74) is 3.97. The molecule has 1 aromatic rings. The predicted molar refractivity (Wildman–Crippen MR) is 86.5 cm³/mol. The number of aromatic nitrogens is 2. The van der Waals surface area contributed by atoms with Gasteiger partial charge in [0.1, 0.15) is 0 Å². The van der Waals surface area contributed by atoms with E-state index in [1.54, 1.807) is 0 Å². The number of piperidine rings is 1. The smallest absolute Gasteiger partial charge is 0.0644 e. The fourth-order valence-corrected chi connectivity index (χ4v) is 4.50. The van der Waals surface area contributed by atoms with E-state index < -0.39 is 0 Å². The second kappa shape index (κ2) is 5.73. The molecular weight excluding hydrogens is 260 g/mol. The van der Waals surface area contributed by atoms with E-state index in [2.05, 4.69) is 49.6 Å². The molecule has 0 spiro atoms. The largest absolute Gasteiger partial charge is 0.311 e. The third-order valence-electron chi connectivity index (χ3n) is 5.79. The minimum Gasteiger partial charge on any atom is -0.311 e. The zero-order valence-electron chi connectivity index (χ0n) is 14.2. The Kier molecular flexibility index (Phi) is 4.10. The summed E-state index contributed by atoms with van der Waals surface area (Å²) in [4.78, 5) is 2.60. The molecule has 0 aliphatic carbocycles. The Morgan fingerprint density at radius 2 is 1.90 bits per heavy atom. The van der Waals surface area contributed by atoms with Gasteiger partial charge in [-0.3, -0.25) is 9.58 Å². The van der Waals surface area contributed by atoms with Gasteiger partial charge < -0.3 is 5.32 Å². The quantitative estimate of drug-likeness (QED) is 0.925. The second-order valence-electron chi connectivity index (χ2n) is 7.00. The van der Waals surface area contributed by atoms with Gasteiger partial charge in [-0.2, -0.15) is 5.10 Å². The van der Waals surface area contributed by atoms with Gasteiger partial charge in [-0.25, -0.2) is 0 Å². The summed E-state index contributed by atoms with van der Waals surface area (Å²) < 4.78 is 2.14. The van der Waals surface area contributed by atoms with Crippen LogP contribution in [-0.4, -0.2) is 39.9 Å². The van der Waals surface area contributed by atoms with Crippen LogP contribution in [0, 0.1) is 13.8 Å². The monoisotopic (exact) mass is 290 g/mol. The van der Waals surface area contributed by atoms with E-state index in [1.165, 1.54) is 42.6 Å². The number of nitrogens with zero attached hydrogens (tertiary/aromatic N) is 3. The molecule has 0 aromatic carbocycles. The number of rotatable bonds is 4. The standard InChI is InChI=1S/C17H30N4/c1-6-21-13(4)17(11(2)19-21)12(3)20(5)16-9-14-7-8-15(10-16)18-14/h12,14-16,18H,6-10H2,1-5H3. The zero-order valence-corrected chi connectivity index (χ0v) is 14.2. The van der Waals surface area contributed by atoms with Crippen LogP contribution in [0.3, 0.4) is 0 Å². The molecule has 2 aliphatic rings. The van der Waals surface area contributed by atoms with Crippen molar-refractivity contribution in [3.63, 3.8) is 0 Å². The van der Waals surface area contributed by atoms with Crippen molar-refractivity contribution in [3.8, 4) is 0 Å². The average Bonchev–Trinajstić information content (AvgIpc) is 2.96. The summed E-state index contributed by atoms with van der Waals surface area (Å²) in [6, 6.07) is 2.67. The van der Waals surface area contributed by atoms with Gasteiger partial charge in [-0.15, -0.1) is 0 Å². The molecule has 3 atom stereocenters. The molecule has 3 unspecified atom stereocenters. The summed E-state index contributed by atoms with van der Waals surface area (Å²) in [5.74, 6) is 0. The van der Waals surface area contributed by atoms with Crippen molar-refractivity contribution in [2.75, 3.05) is 7.05 Å². The average molecular weight is 290 g/mol. The van der Waals surface area contributed by atoms with E-state index in [4.69, 9.17) is 5.10 Å². The number of aryl methyl sites for hydroxylation is 2. The molecule has 2 bridgehead atoms. The summed E-state index contributed by atoms with van der Waals surface area (Å²) in [6.45, 7) is 9.85. The molecule has 1 aromatic heterocycles. The third kappa shape index (κ3) is 2.64. The lowest BCUT2D eigenvalue weighted by Crippen LogP contribution is -2.47. The highest BCUT2D eigenvalue weighted by atomic mass is 15.3.